The molecule has 4 saturated carbocycles. The van der Waals surface area contributed by atoms with Crippen LogP contribution in [0.3, 0.4) is 0 Å². The summed E-state index contributed by atoms with van der Waals surface area (Å²) in [7, 11) is 0. The third-order valence-corrected chi connectivity index (χ3v) is 8.89. The van der Waals surface area contributed by atoms with Gasteiger partial charge in [0.05, 0.1) is 0 Å². The molecular formula is C32H36N2O. The number of anilines is 2. The van der Waals surface area contributed by atoms with Crippen LogP contribution in [0.15, 0.2) is 72.8 Å². The lowest BCUT2D eigenvalue weighted by molar-refractivity contribution is -0.117. The number of amides is 1. The van der Waals surface area contributed by atoms with Gasteiger partial charge in [0.1, 0.15) is 6.04 Å². The van der Waals surface area contributed by atoms with E-state index >= 15 is 0 Å². The molecule has 4 aliphatic carbocycles. The molecule has 0 heterocycles. The van der Waals surface area contributed by atoms with E-state index in [-0.39, 0.29) is 5.91 Å². The summed E-state index contributed by atoms with van der Waals surface area (Å²) in [6, 6.07) is 24.7. The summed E-state index contributed by atoms with van der Waals surface area (Å²) in [5.74, 6) is 2.77. The molecule has 4 fully saturated rings. The van der Waals surface area contributed by atoms with E-state index in [1.165, 1.54) is 44.1 Å². The fourth-order valence-electron chi connectivity index (χ4n) is 7.57. The molecule has 0 aromatic heterocycles. The Morgan fingerprint density at radius 3 is 2.09 bits per heavy atom. The highest BCUT2D eigenvalue weighted by Gasteiger charge is 2.51. The Morgan fingerprint density at radius 2 is 1.46 bits per heavy atom. The molecule has 4 aliphatic rings. The van der Waals surface area contributed by atoms with Crippen molar-refractivity contribution in [2.75, 3.05) is 10.6 Å². The van der Waals surface area contributed by atoms with E-state index in [9.17, 15) is 4.79 Å². The molecular weight excluding hydrogens is 428 g/mol. The Hall–Kier alpha value is -3.07. The maximum atomic E-state index is 13.5. The van der Waals surface area contributed by atoms with E-state index in [1.54, 1.807) is 0 Å². The lowest BCUT2D eigenvalue weighted by atomic mass is 9.48. The Morgan fingerprint density at radius 1 is 0.829 bits per heavy atom. The maximum Gasteiger partial charge on any atom is 0.251 e. The molecule has 3 nitrogen and oxygen atoms in total. The molecule has 7 rings (SSSR count). The Kier molecular flexibility index (Phi) is 5.67. The first-order valence-electron chi connectivity index (χ1n) is 13.3. The lowest BCUT2D eigenvalue weighted by Crippen LogP contribution is -2.48. The fraction of sp³-hybridized carbons (Fsp3) is 0.406. The van der Waals surface area contributed by atoms with Crippen molar-refractivity contribution in [3.05, 3.63) is 95.1 Å². The Bertz CT molecular complexity index is 1180. The minimum Gasteiger partial charge on any atom is -0.370 e. The van der Waals surface area contributed by atoms with Crippen molar-refractivity contribution in [1.82, 2.24) is 0 Å². The summed E-state index contributed by atoms with van der Waals surface area (Å²) >= 11 is 0. The van der Waals surface area contributed by atoms with Gasteiger partial charge in [-0.3, -0.25) is 4.79 Å². The van der Waals surface area contributed by atoms with Crippen LogP contribution in [0.1, 0.15) is 66.8 Å². The summed E-state index contributed by atoms with van der Waals surface area (Å²) in [5, 5.41) is 6.71. The van der Waals surface area contributed by atoms with Crippen LogP contribution < -0.4 is 10.6 Å². The van der Waals surface area contributed by atoms with Crippen LogP contribution in [-0.4, -0.2) is 5.91 Å². The van der Waals surface area contributed by atoms with Crippen molar-refractivity contribution >= 4 is 17.3 Å². The normalized spacial score (nSPS) is 27.4. The van der Waals surface area contributed by atoms with Crippen molar-refractivity contribution in [2.45, 2.75) is 63.8 Å². The van der Waals surface area contributed by atoms with Gasteiger partial charge < -0.3 is 10.6 Å². The van der Waals surface area contributed by atoms with Crippen LogP contribution in [0.25, 0.3) is 0 Å². The zero-order chi connectivity index (χ0) is 24.0. The molecule has 0 saturated heterocycles. The van der Waals surface area contributed by atoms with Gasteiger partial charge >= 0.3 is 0 Å². The molecule has 3 aromatic rings. The largest absolute Gasteiger partial charge is 0.370 e. The molecule has 0 radical (unpaired) electrons. The number of carbonyl (C=O) groups is 1. The van der Waals surface area contributed by atoms with E-state index in [0.29, 0.717) is 5.41 Å². The summed E-state index contributed by atoms with van der Waals surface area (Å²) in [6.45, 7) is 4.08. The first-order valence-corrected chi connectivity index (χ1v) is 13.3. The number of hydrogen-bond acceptors (Lipinski definition) is 2. The second-order valence-electron chi connectivity index (χ2n) is 11.6. The van der Waals surface area contributed by atoms with Crippen molar-refractivity contribution in [1.29, 1.82) is 0 Å². The zero-order valence-corrected chi connectivity index (χ0v) is 20.9. The van der Waals surface area contributed by atoms with Crippen LogP contribution in [0.2, 0.25) is 0 Å². The molecule has 1 atom stereocenters. The molecule has 3 heteroatoms. The number of rotatable bonds is 6. The number of hydrogen-bond donors (Lipinski definition) is 2. The molecule has 4 bridgehead atoms. The zero-order valence-electron chi connectivity index (χ0n) is 20.9. The molecule has 0 aliphatic heterocycles. The monoisotopic (exact) mass is 464 g/mol. The van der Waals surface area contributed by atoms with Crippen molar-refractivity contribution in [3.63, 3.8) is 0 Å². The molecule has 0 spiro atoms. The smallest absolute Gasteiger partial charge is 0.251 e. The van der Waals surface area contributed by atoms with Gasteiger partial charge in [-0.2, -0.15) is 0 Å². The second-order valence-corrected chi connectivity index (χ2v) is 11.6. The van der Waals surface area contributed by atoms with Gasteiger partial charge in [0.15, 0.2) is 0 Å². The van der Waals surface area contributed by atoms with E-state index in [1.807, 2.05) is 50.2 Å². The van der Waals surface area contributed by atoms with Crippen LogP contribution in [0.5, 0.6) is 0 Å². The van der Waals surface area contributed by atoms with Crippen molar-refractivity contribution in [3.8, 4) is 0 Å². The Labute approximate surface area is 209 Å². The number of benzene rings is 3. The standard InChI is InChI=1S/C32H36N2O/c1-21-8-9-22(2)29(14-21)34-31(35)30(26-6-4-3-5-7-26)33-28-12-10-27(11-13-28)32-18-23-15-24(19-32)17-25(16-23)20-32/h3-14,23-25,30,33H,15-20H2,1-2H3,(H,34,35). The highest BCUT2D eigenvalue weighted by Crippen LogP contribution is 2.60. The van der Waals surface area contributed by atoms with Gasteiger partial charge in [0.25, 0.3) is 5.91 Å². The van der Waals surface area contributed by atoms with Crippen molar-refractivity contribution < 1.29 is 4.79 Å². The van der Waals surface area contributed by atoms with E-state index in [2.05, 4.69) is 47.0 Å². The number of nitrogens with one attached hydrogen (secondary N) is 2. The van der Waals surface area contributed by atoms with Gasteiger partial charge in [-0.1, -0.05) is 54.6 Å². The Balaban J connectivity index is 1.24. The maximum absolute atomic E-state index is 13.5. The average molecular weight is 465 g/mol. The van der Waals surface area contributed by atoms with Crippen LogP contribution in [0, 0.1) is 31.6 Å². The van der Waals surface area contributed by atoms with Crippen LogP contribution in [0.4, 0.5) is 11.4 Å². The number of carbonyl (C=O) groups excluding carboxylic acids is 1. The summed E-state index contributed by atoms with van der Waals surface area (Å²) in [6.07, 6.45) is 8.51. The highest BCUT2D eigenvalue weighted by molar-refractivity contribution is 5.98. The average Bonchev–Trinajstić information content (AvgIpc) is 2.85. The summed E-state index contributed by atoms with van der Waals surface area (Å²) in [5.41, 5.74) is 6.93. The molecule has 3 aromatic carbocycles. The van der Waals surface area contributed by atoms with Gasteiger partial charge in [-0.25, -0.2) is 0 Å². The van der Waals surface area contributed by atoms with E-state index < -0.39 is 6.04 Å². The minimum atomic E-state index is -0.471. The summed E-state index contributed by atoms with van der Waals surface area (Å²) < 4.78 is 0. The minimum absolute atomic E-state index is 0.0462. The number of aryl methyl sites for hydroxylation is 2. The third-order valence-electron chi connectivity index (χ3n) is 8.89. The first-order chi connectivity index (χ1) is 17.0. The molecule has 1 amide bonds. The van der Waals surface area contributed by atoms with E-state index in [0.717, 1.165) is 45.8 Å². The van der Waals surface area contributed by atoms with Crippen LogP contribution >= 0.6 is 0 Å². The predicted molar refractivity (Wildman–Crippen MR) is 144 cm³/mol. The lowest BCUT2D eigenvalue weighted by Gasteiger charge is -2.57. The quantitative estimate of drug-likeness (QED) is 0.395. The predicted octanol–water partition coefficient (Wildman–Crippen LogP) is 7.56. The summed E-state index contributed by atoms with van der Waals surface area (Å²) in [4.78, 5) is 13.5. The highest BCUT2D eigenvalue weighted by atomic mass is 16.2. The fourth-order valence-corrected chi connectivity index (χ4v) is 7.57. The van der Waals surface area contributed by atoms with Gasteiger partial charge in [0, 0.05) is 11.4 Å². The van der Waals surface area contributed by atoms with Crippen molar-refractivity contribution in [2.24, 2.45) is 17.8 Å². The molecule has 1 unspecified atom stereocenters. The van der Waals surface area contributed by atoms with E-state index in [4.69, 9.17) is 0 Å². The second kappa shape index (κ2) is 8.86. The molecule has 2 N–H and O–H groups in total. The first kappa shape index (κ1) is 22.4. The van der Waals surface area contributed by atoms with Gasteiger partial charge in [-0.15, -0.1) is 0 Å². The third kappa shape index (κ3) is 4.37. The molecule has 180 valence electrons. The van der Waals surface area contributed by atoms with Gasteiger partial charge in [-0.05, 0) is 116 Å². The topological polar surface area (TPSA) is 41.1 Å². The molecule has 35 heavy (non-hydrogen) atoms. The van der Waals surface area contributed by atoms with Crippen LogP contribution in [-0.2, 0) is 10.2 Å². The van der Waals surface area contributed by atoms with Gasteiger partial charge in [0.2, 0.25) is 0 Å². The SMILES string of the molecule is Cc1ccc(C)c(NC(=O)C(Nc2ccc(C34CC5CC(CC(C5)C3)C4)cc2)c2ccccc2)c1.